The van der Waals surface area contributed by atoms with Gasteiger partial charge >= 0.3 is 5.97 Å². The van der Waals surface area contributed by atoms with E-state index >= 15 is 0 Å². The van der Waals surface area contributed by atoms with Gasteiger partial charge in [0, 0.05) is 6.42 Å². The molecule has 0 N–H and O–H groups in total. The number of carbonyl (C=O) groups excluding carboxylic acids is 1. The van der Waals surface area contributed by atoms with Crippen LogP contribution in [0, 0.1) is 0 Å². The number of hydrogen-bond acceptors (Lipinski definition) is 3. The van der Waals surface area contributed by atoms with Gasteiger partial charge in [0.25, 0.3) is 0 Å². The molecule has 0 unspecified atom stereocenters. The minimum Gasteiger partial charge on any atom is -0.463 e. The molecule has 0 saturated carbocycles. The van der Waals surface area contributed by atoms with E-state index in [9.17, 15) is 4.79 Å². The Morgan fingerprint density at radius 1 is 1.14 bits per heavy atom. The highest BCUT2D eigenvalue weighted by molar-refractivity contribution is 5.68. The van der Waals surface area contributed by atoms with Crippen molar-refractivity contribution in [2.24, 2.45) is 0 Å². The SMILES string of the molecule is CCC(=O)OCCOCC[N+](C)(C)C. The lowest BCUT2D eigenvalue weighted by Crippen LogP contribution is -2.37. The van der Waals surface area contributed by atoms with E-state index in [4.69, 9.17) is 9.47 Å². The summed E-state index contributed by atoms with van der Waals surface area (Å²) in [5.41, 5.74) is 0. The summed E-state index contributed by atoms with van der Waals surface area (Å²) in [7, 11) is 6.33. The fraction of sp³-hybridized carbons (Fsp3) is 0.900. The number of rotatable bonds is 7. The number of quaternary nitrogens is 1. The van der Waals surface area contributed by atoms with Crippen LogP contribution in [-0.2, 0) is 14.3 Å². The van der Waals surface area contributed by atoms with Crippen molar-refractivity contribution in [2.75, 3.05) is 47.5 Å². The quantitative estimate of drug-likeness (QED) is 0.347. The van der Waals surface area contributed by atoms with Crippen LogP contribution < -0.4 is 0 Å². The van der Waals surface area contributed by atoms with E-state index in [0.29, 0.717) is 26.2 Å². The molecule has 0 aliphatic heterocycles. The minimum atomic E-state index is -0.166. The number of hydrogen-bond donors (Lipinski definition) is 0. The van der Waals surface area contributed by atoms with Crippen LogP contribution in [0.1, 0.15) is 13.3 Å². The first-order valence-electron chi connectivity index (χ1n) is 4.99. The van der Waals surface area contributed by atoms with E-state index in [1.54, 1.807) is 6.92 Å². The summed E-state index contributed by atoms with van der Waals surface area (Å²) in [6.45, 7) is 4.30. The lowest BCUT2D eigenvalue weighted by atomic mass is 10.5. The monoisotopic (exact) mass is 204 g/mol. The molecule has 84 valence electrons. The van der Waals surface area contributed by atoms with E-state index in [0.717, 1.165) is 11.0 Å². The van der Waals surface area contributed by atoms with Gasteiger partial charge in [0.2, 0.25) is 0 Å². The van der Waals surface area contributed by atoms with Crippen molar-refractivity contribution in [3.8, 4) is 0 Å². The molecule has 4 nitrogen and oxygen atoms in total. The van der Waals surface area contributed by atoms with E-state index in [-0.39, 0.29) is 5.97 Å². The lowest BCUT2D eigenvalue weighted by Gasteiger charge is -2.23. The number of esters is 1. The summed E-state index contributed by atoms with van der Waals surface area (Å²) in [5.74, 6) is -0.166. The molecule has 0 aliphatic carbocycles. The minimum absolute atomic E-state index is 0.166. The van der Waals surface area contributed by atoms with Gasteiger partial charge in [-0.05, 0) is 0 Å². The van der Waals surface area contributed by atoms with Crippen LogP contribution in [0.4, 0.5) is 0 Å². The predicted octanol–water partition coefficient (Wildman–Crippen LogP) is 0.662. The van der Waals surface area contributed by atoms with Crippen molar-refractivity contribution in [2.45, 2.75) is 13.3 Å². The Bertz CT molecular complexity index is 163. The molecule has 0 saturated heterocycles. The number of carbonyl (C=O) groups is 1. The second-order valence-electron chi connectivity index (χ2n) is 4.20. The second-order valence-corrected chi connectivity index (χ2v) is 4.20. The van der Waals surface area contributed by atoms with Gasteiger partial charge in [-0.15, -0.1) is 0 Å². The maximum atomic E-state index is 10.7. The highest BCUT2D eigenvalue weighted by Crippen LogP contribution is 1.90. The van der Waals surface area contributed by atoms with Crippen molar-refractivity contribution >= 4 is 5.97 Å². The summed E-state index contributed by atoms with van der Waals surface area (Å²) >= 11 is 0. The molecule has 0 bridgehead atoms. The maximum Gasteiger partial charge on any atom is 0.305 e. The third kappa shape index (κ3) is 9.48. The zero-order valence-corrected chi connectivity index (χ0v) is 9.71. The fourth-order valence-electron chi connectivity index (χ4n) is 0.757. The molecule has 0 fully saturated rings. The summed E-state index contributed by atoms with van der Waals surface area (Å²) < 4.78 is 11.0. The highest BCUT2D eigenvalue weighted by atomic mass is 16.6. The second kappa shape index (κ2) is 6.79. The molecule has 0 heterocycles. The summed E-state index contributed by atoms with van der Waals surface area (Å²) in [6, 6.07) is 0. The van der Waals surface area contributed by atoms with Gasteiger partial charge < -0.3 is 14.0 Å². The largest absolute Gasteiger partial charge is 0.463 e. The molecule has 0 amide bonds. The van der Waals surface area contributed by atoms with Crippen LogP contribution >= 0.6 is 0 Å². The molecule has 0 atom stereocenters. The third-order valence-electron chi connectivity index (χ3n) is 1.69. The summed E-state index contributed by atoms with van der Waals surface area (Å²) in [4.78, 5) is 10.7. The Labute approximate surface area is 86.4 Å². The van der Waals surface area contributed by atoms with Gasteiger partial charge in [0.05, 0.1) is 34.4 Å². The van der Waals surface area contributed by atoms with Crippen molar-refractivity contribution in [1.29, 1.82) is 0 Å². The molecular formula is C10H22NO3+. The molecule has 4 heteroatoms. The fourth-order valence-corrected chi connectivity index (χ4v) is 0.757. The average Bonchev–Trinajstić information content (AvgIpc) is 2.08. The molecular weight excluding hydrogens is 182 g/mol. The molecule has 0 aromatic carbocycles. The molecule has 0 aromatic rings. The summed E-state index contributed by atoms with van der Waals surface area (Å²) in [6.07, 6.45) is 0.429. The van der Waals surface area contributed by atoms with Gasteiger partial charge in [0.1, 0.15) is 13.2 Å². The van der Waals surface area contributed by atoms with Crippen molar-refractivity contribution < 1.29 is 18.8 Å². The molecule has 0 rings (SSSR count). The van der Waals surface area contributed by atoms with E-state index in [1.807, 2.05) is 0 Å². The predicted molar refractivity (Wildman–Crippen MR) is 55.0 cm³/mol. The van der Waals surface area contributed by atoms with Gasteiger partial charge in [-0.25, -0.2) is 0 Å². The highest BCUT2D eigenvalue weighted by Gasteiger charge is 2.05. The normalized spacial score (nSPS) is 11.4. The first-order chi connectivity index (χ1) is 6.45. The van der Waals surface area contributed by atoms with Crippen molar-refractivity contribution in [3.05, 3.63) is 0 Å². The molecule has 0 spiro atoms. The Morgan fingerprint density at radius 2 is 1.79 bits per heavy atom. The van der Waals surface area contributed by atoms with E-state index < -0.39 is 0 Å². The molecule has 14 heavy (non-hydrogen) atoms. The van der Waals surface area contributed by atoms with Crippen LogP contribution in [0.15, 0.2) is 0 Å². The Hall–Kier alpha value is -0.610. The molecule has 0 radical (unpaired) electrons. The maximum absolute atomic E-state index is 10.7. The van der Waals surface area contributed by atoms with Crippen molar-refractivity contribution in [3.63, 3.8) is 0 Å². The lowest BCUT2D eigenvalue weighted by molar-refractivity contribution is -0.870. The molecule has 0 aromatic heterocycles. The summed E-state index contributed by atoms with van der Waals surface area (Å²) in [5, 5.41) is 0. The first kappa shape index (κ1) is 13.4. The Morgan fingerprint density at radius 3 is 2.29 bits per heavy atom. The Balaban J connectivity index is 3.18. The van der Waals surface area contributed by atoms with Crippen molar-refractivity contribution in [1.82, 2.24) is 0 Å². The van der Waals surface area contributed by atoms with Crippen LogP contribution in [-0.4, -0.2) is 58.0 Å². The van der Waals surface area contributed by atoms with Gasteiger partial charge in [-0.3, -0.25) is 4.79 Å². The van der Waals surface area contributed by atoms with Crippen LogP contribution in [0.25, 0.3) is 0 Å². The number of likely N-dealkylation sites (N-methyl/N-ethyl adjacent to an activating group) is 1. The standard InChI is InChI=1S/C10H22NO3/c1-5-10(12)14-9-8-13-7-6-11(2,3)4/h5-9H2,1-4H3/q+1. The van der Waals surface area contributed by atoms with Crippen LogP contribution in [0.2, 0.25) is 0 Å². The van der Waals surface area contributed by atoms with E-state index in [2.05, 4.69) is 21.1 Å². The average molecular weight is 204 g/mol. The number of ether oxygens (including phenoxy) is 2. The smallest absolute Gasteiger partial charge is 0.305 e. The van der Waals surface area contributed by atoms with Gasteiger partial charge in [-0.2, -0.15) is 0 Å². The topological polar surface area (TPSA) is 35.5 Å². The van der Waals surface area contributed by atoms with E-state index in [1.165, 1.54) is 0 Å². The first-order valence-corrected chi connectivity index (χ1v) is 4.99. The van der Waals surface area contributed by atoms with Crippen LogP contribution in [0.3, 0.4) is 0 Å². The van der Waals surface area contributed by atoms with Gasteiger partial charge in [-0.1, -0.05) is 6.92 Å². The molecule has 0 aliphatic rings. The van der Waals surface area contributed by atoms with Crippen LogP contribution in [0.5, 0.6) is 0 Å². The van der Waals surface area contributed by atoms with Gasteiger partial charge in [0.15, 0.2) is 0 Å². The number of nitrogens with zero attached hydrogens (tertiary/aromatic N) is 1. The zero-order chi connectivity index (χ0) is 11.0. The Kier molecular flexibility index (Phi) is 6.49. The third-order valence-corrected chi connectivity index (χ3v) is 1.69. The zero-order valence-electron chi connectivity index (χ0n) is 9.71.